The predicted molar refractivity (Wildman–Crippen MR) is 87.5 cm³/mol. The maximum atomic E-state index is 12.3. The molecule has 0 bridgehead atoms. The van der Waals surface area contributed by atoms with Gasteiger partial charge in [0.05, 0.1) is 16.3 Å². The first-order valence-corrected chi connectivity index (χ1v) is 9.52. The number of benzene rings is 1. The minimum atomic E-state index is -3.18. The topological polar surface area (TPSA) is 49.4 Å². The van der Waals surface area contributed by atoms with Crippen LogP contribution >= 0.6 is 0 Å². The number of piperidine rings is 1. The summed E-state index contributed by atoms with van der Waals surface area (Å²) in [4.78, 5) is 2.88. The van der Waals surface area contributed by atoms with E-state index in [0.29, 0.717) is 17.4 Å². The van der Waals surface area contributed by atoms with Crippen molar-refractivity contribution in [3.05, 3.63) is 24.3 Å². The Bertz CT molecular complexity index is 549. The smallest absolute Gasteiger partial charge is 0.180 e. The van der Waals surface area contributed by atoms with Crippen LogP contribution in [-0.4, -0.2) is 44.7 Å². The molecular formula is C16H26N2O2S. The highest BCUT2D eigenvalue weighted by molar-refractivity contribution is 7.91. The lowest BCUT2D eigenvalue weighted by atomic mass is 10.0. The maximum absolute atomic E-state index is 12.3. The van der Waals surface area contributed by atoms with Crippen LogP contribution in [0.4, 0.5) is 5.69 Å². The average Bonchev–Trinajstić information content (AvgIpc) is 2.48. The zero-order valence-corrected chi connectivity index (χ0v) is 13.8. The number of rotatable bonds is 6. The van der Waals surface area contributed by atoms with Gasteiger partial charge < -0.3 is 10.2 Å². The Morgan fingerprint density at radius 1 is 1.19 bits per heavy atom. The van der Waals surface area contributed by atoms with Crippen molar-refractivity contribution in [3.8, 4) is 0 Å². The second-order valence-corrected chi connectivity index (χ2v) is 7.75. The molecule has 0 aromatic heterocycles. The second kappa shape index (κ2) is 7.27. The molecule has 5 heteroatoms. The third kappa shape index (κ3) is 4.20. The van der Waals surface area contributed by atoms with Crippen molar-refractivity contribution in [2.45, 2.75) is 44.0 Å². The van der Waals surface area contributed by atoms with E-state index in [4.69, 9.17) is 0 Å². The number of anilines is 1. The van der Waals surface area contributed by atoms with E-state index in [1.54, 1.807) is 12.1 Å². The monoisotopic (exact) mass is 310 g/mol. The predicted octanol–water partition coefficient (Wildman–Crippen LogP) is 2.77. The minimum absolute atomic E-state index is 0.208. The molecule has 1 aromatic carbocycles. The summed E-state index contributed by atoms with van der Waals surface area (Å²) >= 11 is 0. The van der Waals surface area contributed by atoms with Gasteiger partial charge in [0.15, 0.2) is 9.84 Å². The van der Waals surface area contributed by atoms with Crippen LogP contribution in [0.25, 0.3) is 0 Å². The van der Waals surface area contributed by atoms with Crippen molar-refractivity contribution in [2.75, 3.05) is 30.7 Å². The molecular weight excluding hydrogens is 284 g/mol. The van der Waals surface area contributed by atoms with Crippen LogP contribution in [0, 0.1) is 0 Å². The Hall–Kier alpha value is -1.07. The second-order valence-electron chi connectivity index (χ2n) is 5.67. The zero-order valence-electron chi connectivity index (χ0n) is 13.0. The summed E-state index contributed by atoms with van der Waals surface area (Å²) in [5.74, 6) is 0.208. The van der Waals surface area contributed by atoms with Crippen LogP contribution in [0.2, 0.25) is 0 Å². The summed E-state index contributed by atoms with van der Waals surface area (Å²) in [6.07, 6.45) is 2.78. The molecule has 1 heterocycles. The lowest BCUT2D eigenvalue weighted by Gasteiger charge is -2.32. The van der Waals surface area contributed by atoms with E-state index in [0.717, 1.165) is 38.2 Å². The van der Waals surface area contributed by atoms with Gasteiger partial charge in [0.25, 0.3) is 0 Å². The van der Waals surface area contributed by atoms with Gasteiger partial charge in [0.2, 0.25) is 0 Å². The summed E-state index contributed by atoms with van der Waals surface area (Å²) < 4.78 is 24.7. The van der Waals surface area contributed by atoms with E-state index in [2.05, 4.69) is 17.1 Å². The molecule has 0 amide bonds. The summed E-state index contributed by atoms with van der Waals surface area (Å²) in [6, 6.07) is 7.66. The lowest BCUT2D eigenvalue weighted by Crippen LogP contribution is -2.39. The fourth-order valence-electron chi connectivity index (χ4n) is 2.85. The highest BCUT2D eigenvalue weighted by Gasteiger charge is 2.22. The molecule has 0 aliphatic carbocycles. The van der Waals surface area contributed by atoms with Gasteiger partial charge in [-0.2, -0.15) is 0 Å². The number of sulfone groups is 1. The van der Waals surface area contributed by atoms with Gasteiger partial charge in [-0.3, -0.25) is 0 Å². The van der Waals surface area contributed by atoms with E-state index >= 15 is 0 Å². The molecule has 0 radical (unpaired) electrons. The van der Waals surface area contributed by atoms with Gasteiger partial charge in [-0.1, -0.05) is 26.0 Å². The van der Waals surface area contributed by atoms with Crippen molar-refractivity contribution in [1.29, 1.82) is 0 Å². The molecule has 0 atom stereocenters. The summed E-state index contributed by atoms with van der Waals surface area (Å²) in [7, 11) is -3.18. The van der Waals surface area contributed by atoms with E-state index in [9.17, 15) is 8.42 Å². The summed E-state index contributed by atoms with van der Waals surface area (Å²) in [5, 5.41) is 3.45. The van der Waals surface area contributed by atoms with Gasteiger partial charge in [0, 0.05) is 19.1 Å². The number of nitrogens with zero attached hydrogens (tertiary/aromatic N) is 1. The van der Waals surface area contributed by atoms with Crippen molar-refractivity contribution in [3.63, 3.8) is 0 Å². The standard InChI is InChI=1S/C16H26N2O2S/c1-3-13-21(19,20)16-8-6-5-7-15(16)17-14-9-11-18(4-2)12-10-14/h5-8,14,17H,3-4,9-13H2,1-2H3. The van der Waals surface area contributed by atoms with Crippen LogP contribution in [-0.2, 0) is 9.84 Å². The van der Waals surface area contributed by atoms with Crippen molar-refractivity contribution < 1.29 is 8.42 Å². The number of likely N-dealkylation sites (tertiary alicyclic amines) is 1. The number of para-hydroxylation sites is 1. The van der Waals surface area contributed by atoms with E-state index in [1.807, 2.05) is 19.1 Å². The number of hydrogen-bond acceptors (Lipinski definition) is 4. The van der Waals surface area contributed by atoms with E-state index < -0.39 is 9.84 Å². The normalized spacial score (nSPS) is 17.8. The first-order valence-electron chi connectivity index (χ1n) is 7.87. The van der Waals surface area contributed by atoms with Crippen molar-refractivity contribution >= 4 is 15.5 Å². The van der Waals surface area contributed by atoms with Crippen LogP contribution in [0.1, 0.15) is 33.1 Å². The van der Waals surface area contributed by atoms with Gasteiger partial charge in [-0.15, -0.1) is 0 Å². The Labute approximate surface area is 128 Å². The lowest BCUT2D eigenvalue weighted by molar-refractivity contribution is 0.229. The molecule has 1 fully saturated rings. The zero-order chi connectivity index (χ0) is 15.3. The van der Waals surface area contributed by atoms with Crippen molar-refractivity contribution in [2.24, 2.45) is 0 Å². The number of nitrogens with one attached hydrogen (secondary N) is 1. The molecule has 21 heavy (non-hydrogen) atoms. The molecule has 1 aliphatic heterocycles. The first-order chi connectivity index (χ1) is 10.1. The van der Waals surface area contributed by atoms with Gasteiger partial charge in [-0.05, 0) is 37.9 Å². The Morgan fingerprint density at radius 2 is 1.86 bits per heavy atom. The molecule has 0 saturated carbocycles. The third-order valence-electron chi connectivity index (χ3n) is 4.09. The molecule has 4 nitrogen and oxygen atoms in total. The fourth-order valence-corrected chi connectivity index (χ4v) is 4.35. The van der Waals surface area contributed by atoms with Gasteiger partial charge in [0.1, 0.15) is 0 Å². The first kappa shape index (κ1) is 16.3. The Balaban J connectivity index is 2.11. The fraction of sp³-hybridized carbons (Fsp3) is 0.625. The molecule has 1 aliphatic rings. The molecule has 0 spiro atoms. The van der Waals surface area contributed by atoms with Crippen molar-refractivity contribution in [1.82, 2.24) is 4.90 Å². The Kier molecular flexibility index (Phi) is 5.65. The van der Waals surface area contributed by atoms with Crippen LogP contribution in [0.15, 0.2) is 29.2 Å². The Morgan fingerprint density at radius 3 is 2.48 bits per heavy atom. The quantitative estimate of drug-likeness (QED) is 0.878. The summed E-state index contributed by atoms with van der Waals surface area (Å²) in [6.45, 7) is 7.33. The summed E-state index contributed by atoms with van der Waals surface area (Å²) in [5.41, 5.74) is 0.765. The SMILES string of the molecule is CCCS(=O)(=O)c1ccccc1NC1CCN(CC)CC1. The molecule has 0 unspecified atom stereocenters. The minimum Gasteiger partial charge on any atom is -0.381 e. The van der Waals surface area contributed by atoms with E-state index in [1.165, 1.54) is 0 Å². The van der Waals surface area contributed by atoms with Gasteiger partial charge in [-0.25, -0.2) is 8.42 Å². The van der Waals surface area contributed by atoms with Crippen LogP contribution < -0.4 is 5.32 Å². The largest absolute Gasteiger partial charge is 0.381 e. The molecule has 1 N–H and O–H groups in total. The molecule has 1 aromatic rings. The average molecular weight is 310 g/mol. The maximum Gasteiger partial charge on any atom is 0.180 e. The van der Waals surface area contributed by atoms with Crippen LogP contribution in [0.5, 0.6) is 0 Å². The molecule has 2 rings (SSSR count). The van der Waals surface area contributed by atoms with Crippen LogP contribution in [0.3, 0.4) is 0 Å². The number of hydrogen-bond donors (Lipinski definition) is 1. The van der Waals surface area contributed by atoms with E-state index in [-0.39, 0.29) is 5.75 Å². The van der Waals surface area contributed by atoms with Gasteiger partial charge >= 0.3 is 0 Å². The highest BCUT2D eigenvalue weighted by atomic mass is 32.2. The third-order valence-corrected chi connectivity index (χ3v) is 6.06. The molecule has 118 valence electrons. The highest BCUT2D eigenvalue weighted by Crippen LogP contribution is 2.25. The molecule has 1 saturated heterocycles.